The fourth-order valence-corrected chi connectivity index (χ4v) is 3.00. The molecule has 0 spiro atoms. The van der Waals surface area contributed by atoms with Crippen molar-refractivity contribution in [1.29, 1.82) is 0 Å². The number of carbonyl (C=O) groups excluding carboxylic acids is 1. The van der Waals surface area contributed by atoms with Crippen molar-refractivity contribution in [3.8, 4) is 5.75 Å². The maximum absolute atomic E-state index is 11.6. The Hall–Kier alpha value is -2.40. The zero-order valence-corrected chi connectivity index (χ0v) is 15.5. The number of hydrogen-bond donors (Lipinski definition) is 2. The number of carbonyl (C=O) groups is 1. The van der Waals surface area contributed by atoms with E-state index in [9.17, 15) is 4.79 Å². The summed E-state index contributed by atoms with van der Waals surface area (Å²) < 4.78 is 5.98. The van der Waals surface area contributed by atoms with Crippen LogP contribution < -0.4 is 15.4 Å². The highest BCUT2D eigenvalue weighted by Crippen LogP contribution is 2.28. The lowest BCUT2D eigenvalue weighted by atomic mass is 10.1. The zero-order valence-electron chi connectivity index (χ0n) is 15.5. The number of pyridine rings is 1. The summed E-state index contributed by atoms with van der Waals surface area (Å²) in [7, 11) is 0. The number of hydrogen-bond acceptors (Lipinski definition) is 4. The van der Waals surface area contributed by atoms with Gasteiger partial charge >= 0.3 is 0 Å². The first kappa shape index (κ1) is 18.4. The molecular formula is C21H27N3O2. The van der Waals surface area contributed by atoms with E-state index in [-0.39, 0.29) is 11.8 Å². The van der Waals surface area contributed by atoms with Crippen LogP contribution in [-0.2, 0) is 17.9 Å². The predicted molar refractivity (Wildman–Crippen MR) is 102 cm³/mol. The molecule has 138 valence electrons. The van der Waals surface area contributed by atoms with Gasteiger partial charge in [0.15, 0.2) is 0 Å². The fraction of sp³-hybridized carbons (Fsp3) is 0.429. The van der Waals surface area contributed by atoms with Crippen LogP contribution in [0.4, 0.5) is 0 Å². The van der Waals surface area contributed by atoms with Gasteiger partial charge in [-0.2, -0.15) is 0 Å². The van der Waals surface area contributed by atoms with Crippen molar-refractivity contribution in [2.45, 2.75) is 39.8 Å². The summed E-state index contributed by atoms with van der Waals surface area (Å²) in [5, 5.41) is 6.35. The number of benzene rings is 1. The second-order valence-corrected chi connectivity index (χ2v) is 6.91. The Labute approximate surface area is 155 Å². The van der Waals surface area contributed by atoms with E-state index in [4.69, 9.17) is 4.74 Å². The van der Waals surface area contributed by atoms with Gasteiger partial charge in [0.1, 0.15) is 12.4 Å². The van der Waals surface area contributed by atoms with Gasteiger partial charge in [0, 0.05) is 31.7 Å². The molecule has 0 radical (unpaired) electrons. The van der Waals surface area contributed by atoms with Gasteiger partial charge in [-0.25, -0.2) is 0 Å². The van der Waals surface area contributed by atoms with Crippen LogP contribution >= 0.6 is 0 Å². The molecule has 1 aliphatic rings. The monoisotopic (exact) mass is 353 g/mol. The average Bonchev–Trinajstić information content (AvgIpc) is 3.46. The topological polar surface area (TPSA) is 63.2 Å². The standard InChI is InChI=1S/C21H27N3O2/c1-15-11-17(13-22-9-10-24-21(25)18-6-7-18)12-16(2)20(15)26-14-19-5-3-4-8-23-19/h3-5,8,11-12,18,22H,6-7,9-10,13-14H2,1-2H3,(H,24,25). The molecule has 1 aromatic heterocycles. The summed E-state index contributed by atoms with van der Waals surface area (Å²) in [6, 6.07) is 10.1. The van der Waals surface area contributed by atoms with E-state index in [0.29, 0.717) is 13.2 Å². The predicted octanol–water partition coefficient (Wildman–Crippen LogP) is 2.89. The van der Waals surface area contributed by atoms with E-state index in [0.717, 1.165) is 48.5 Å². The zero-order chi connectivity index (χ0) is 18.4. The minimum absolute atomic E-state index is 0.202. The number of nitrogens with zero attached hydrogens (tertiary/aromatic N) is 1. The molecule has 1 amide bonds. The maximum Gasteiger partial charge on any atom is 0.223 e. The molecule has 1 heterocycles. The minimum atomic E-state index is 0.202. The lowest BCUT2D eigenvalue weighted by Gasteiger charge is -2.14. The molecule has 5 nitrogen and oxygen atoms in total. The fourth-order valence-electron chi connectivity index (χ4n) is 3.00. The normalized spacial score (nSPS) is 13.5. The van der Waals surface area contributed by atoms with Crippen LogP contribution in [0.3, 0.4) is 0 Å². The molecule has 1 aliphatic carbocycles. The third-order valence-corrected chi connectivity index (χ3v) is 4.49. The Morgan fingerprint density at radius 1 is 1.19 bits per heavy atom. The van der Waals surface area contributed by atoms with Gasteiger partial charge in [-0.1, -0.05) is 18.2 Å². The molecule has 0 bridgehead atoms. The van der Waals surface area contributed by atoms with E-state index in [1.165, 1.54) is 5.56 Å². The number of aromatic nitrogens is 1. The molecular weight excluding hydrogens is 326 g/mol. The number of amides is 1. The molecule has 0 atom stereocenters. The van der Waals surface area contributed by atoms with E-state index in [1.54, 1.807) is 6.20 Å². The number of aryl methyl sites for hydroxylation is 2. The quantitative estimate of drug-likeness (QED) is 0.681. The first-order chi connectivity index (χ1) is 12.6. The number of nitrogens with one attached hydrogen (secondary N) is 2. The van der Waals surface area contributed by atoms with E-state index >= 15 is 0 Å². The highest BCUT2D eigenvalue weighted by atomic mass is 16.5. The van der Waals surface area contributed by atoms with Crippen molar-refractivity contribution < 1.29 is 9.53 Å². The third-order valence-electron chi connectivity index (χ3n) is 4.49. The molecule has 0 saturated heterocycles. The first-order valence-corrected chi connectivity index (χ1v) is 9.25. The van der Waals surface area contributed by atoms with Crippen molar-refractivity contribution in [1.82, 2.24) is 15.6 Å². The maximum atomic E-state index is 11.6. The molecule has 2 aromatic rings. The Morgan fingerprint density at radius 3 is 2.62 bits per heavy atom. The van der Waals surface area contributed by atoms with Crippen LogP contribution in [0.15, 0.2) is 36.5 Å². The lowest BCUT2D eigenvalue weighted by molar-refractivity contribution is -0.122. The smallest absolute Gasteiger partial charge is 0.223 e. The Morgan fingerprint density at radius 2 is 1.96 bits per heavy atom. The lowest BCUT2D eigenvalue weighted by Crippen LogP contribution is -2.32. The summed E-state index contributed by atoms with van der Waals surface area (Å²) >= 11 is 0. The molecule has 2 N–H and O–H groups in total. The molecule has 0 unspecified atom stereocenters. The highest BCUT2D eigenvalue weighted by molar-refractivity contribution is 5.80. The van der Waals surface area contributed by atoms with Crippen LogP contribution in [0.1, 0.15) is 35.2 Å². The number of rotatable bonds is 9. The largest absolute Gasteiger partial charge is 0.487 e. The summed E-state index contributed by atoms with van der Waals surface area (Å²) in [6.45, 7) is 6.84. The van der Waals surface area contributed by atoms with Crippen LogP contribution in [0.5, 0.6) is 5.75 Å². The van der Waals surface area contributed by atoms with Gasteiger partial charge in [0.2, 0.25) is 5.91 Å². The van der Waals surface area contributed by atoms with Crippen molar-refractivity contribution in [3.63, 3.8) is 0 Å². The van der Waals surface area contributed by atoms with Gasteiger partial charge in [0.25, 0.3) is 0 Å². The van der Waals surface area contributed by atoms with Gasteiger partial charge in [-0.05, 0) is 55.5 Å². The molecule has 3 rings (SSSR count). The van der Waals surface area contributed by atoms with E-state index in [1.807, 2.05) is 18.2 Å². The molecule has 1 aromatic carbocycles. The summed E-state index contributed by atoms with van der Waals surface area (Å²) in [4.78, 5) is 15.9. The Balaban J connectivity index is 1.46. The summed E-state index contributed by atoms with van der Waals surface area (Å²) in [5.74, 6) is 1.41. The minimum Gasteiger partial charge on any atom is -0.487 e. The first-order valence-electron chi connectivity index (χ1n) is 9.25. The summed E-state index contributed by atoms with van der Waals surface area (Å²) in [5.41, 5.74) is 4.39. The van der Waals surface area contributed by atoms with Crippen LogP contribution in [-0.4, -0.2) is 24.0 Å². The van der Waals surface area contributed by atoms with Crippen molar-refractivity contribution >= 4 is 5.91 Å². The Kier molecular flexibility index (Phi) is 6.23. The van der Waals surface area contributed by atoms with Gasteiger partial charge in [-0.15, -0.1) is 0 Å². The third kappa shape index (κ3) is 5.30. The molecule has 5 heteroatoms. The SMILES string of the molecule is Cc1cc(CNCCNC(=O)C2CC2)cc(C)c1OCc1ccccn1. The molecule has 1 saturated carbocycles. The average molecular weight is 353 g/mol. The Bertz CT molecular complexity index is 719. The van der Waals surface area contributed by atoms with Crippen molar-refractivity contribution in [2.75, 3.05) is 13.1 Å². The van der Waals surface area contributed by atoms with E-state index < -0.39 is 0 Å². The van der Waals surface area contributed by atoms with E-state index in [2.05, 4.69) is 41.6 Å². The number of ether oxygens (including phenoxy) is 1. The van der Waals surface area contributed by atoms with Gasteiger partial charge < -0.3 is 15.4 Å². The second kappa shape index (κ2) is 8.81. The van der Waals surface area contributed by atoms with Crippen molar-refractivity contribution in [2.24, 2.45) is 5.92 Å². The second-order valence-electron chi connectivity index (χ2n) is 6.91. The molecule has 0 aliphatic heterocycles. The van der Waals surface area contributed by atoms with Crippen LogP contribution in [0.25, 0.3) is 0 Å². The molecule has 26 heavy (non-hydrogen) atoms. The highest BCUT2D eigenvalue weighted by Gasteiger charge is 2.28. The van der Waals surface area contributed by atoms with Crippen molar-refractivity contribution in [3.05, 3.63) is 58.9 Å². The van der Waals surface area contributed by atoms with Gasteiger partial charge in [0.05, 0.1) is 5.69 Å². The van der Waals surface area contributed by atoms with Gasteiger partial charge in [-0.3, -0.25) is 9.78 Å². The molecule has 1 fully saturated rings. The van der Waals surface area contributed by atoms with Crippen LogP contribution in [0.2, 0.25) is 0 Å². The summed E-state index contributed by atoms with van der Waals surface area (Å²) in [6.07, 6.45) is 3.87. The van der Waals surface area contributed by atoms with Crippen LogP contribution in [0, 0.1) is 19.8 Å².